The third kappa shape index (κ3) is 3.46. The summed E-state index contributed by atoms with van der Waals surface area (Å²) in [7, 11) is -1.95. The number of fused-ring (bicyclic) bond motifs is 1. The van der Waals surface area contributed by atoms with Crippen LogP contribution in [0.2, 0.25) is 0 Å². The van der Waals surface area contributed by atoms with Crippen molar-refractivity contribution in [2.24, 2.45) is 0 Å². The van der Waals surface area contributed by atoms with E-state index in [1.807, 2.05) is 18.3 Å². The number of ether oxygens (including phenoxy) is 1. The van der Waals surface area contributed by atoms with E-state index in [1.54, 1.807) is 18.2 Å². The molecule has 0 aliphatic rings. The Morgan fingerprint density at radius 2 is 1.89 bits per heavy atom. The number of sulfonamides is 1. The second-order valence-electron chi connectivity index (χ2n) is 6.94. The van der Waals surface area contributed by atoms with Gasteiger partial charge in [-0.05, 0) is 42.2 Å². The number of nitrogens with one attached hydrogen (secondary N) is 2. The Morgan fingerprint density at radius 3 is 2.50 bits per heavy atom. The zero-order valence-corrected chi connectivity index (χ0v) is 17.3. The van der Waals surface area contributed by atoms with Crippen LogP contribution in [-0.2, 0) is 15.4 Å². The number of halogens is 1. The summed E-state index contributed by atoms with van der Waals surface area (Å²) in [6.45, 7) is 4.19. The molecule has 0 unspecified atom stereocenters. The van der Waals surface area contributed by atoms with Crippen molar-refractivity contribution >= 4 is 26.6 Å². The lowest BCUT2D eigenvalue weighted by atomic mass is 9.70. The quantitative estimate of drug-likeness (QED) is 0.595. The van der Waals surface area contributed by atoms with Gasteiger partial charge in [0.25, 0.3) is 0 Å². The topological polar surface area (TPSA) is 71.2 Å². The second kappa shape index (κ2) is 7.47. The average Bonchev–Trinajstić information content (AvgIpc) is 3.09. The summed E-state index contributed by atoms with van der Waals surface area (Å²) in [5.41, 5.74) is 2.85. The number of rotatable bonds is 7. The van der Waals surface area contributed by atoms with Gasteiger partial charge in [0.05, 0.1) is 24.6 Å². The molecule has 2 aromatic carbocycles. The smallest absolute Gasteiger partial charge is 0.229 e. The number of para-hydroxylation sites is 1. The highest BCUT2D eigenvalue weighted by atomic mass is 32.2. The number of hydrogen-bond donors (Lipinski definition) is 2. The van der Waals surface area contributed by atoms with Crippen molar-refractivity contribution in [2.75, 3.05) is 18.1 Å². The Balaban J connectivity index is 2.23. The van der Waals surface area contributed by atoms with Gasteiger partial charge in [-0.3, -0.25) is 4.72 Å². The minimum Gasteiger partial charge on any atom is -0.494 e. The molecule has 0 fully saturated rings. The number of aromatic amines is 1. The van der Waals surface area contributed by atoms with Crippen LogP contribution in [0.1, 0.15) is 37.8 Å². The van der Waals surface area contributed by atoms with E-state index in [0.717, 1.165) is 41.1 Å². The summed E-state index contributed by atoms with van der Waals surface area (Å²) in [4.78, 5) is 3.23. The molecule has 0 amide bonds. The third-order valence-electron chi connectivity index (χ3n) is 5.44. The number of aromatic nitrogens is 1. The Morgan fingerprint density at radius 1 is 1.18 bits per heavy atom. The van der Waals surface area contributed by atoms with Crippen LogP contribution in [-0.4, -0.2) is 26.8 Å². The number of anilines is 1. The van der Waals surface area contributed by atoms with E-state index in [1.165, 1.54) is 13.2 Å². The Hall–Kier alpha value is -2.54. The number of H-pyrrole nitrogens is 1. The van der Waals surface area contributed by atoms with Crippen molar-refractivity contribution in [3.63, 3.8) is 0 Å². The van der Waals surface area contributed by atoms with Gasteiger partial charge in [0, 0.05) is 17.0 Å². The van der Waals surface area contributed by atoms with Gasteiger partial charge in [0.2, 0.25) is 10.0 Å². The van der Waals surface area contributed by atoms with Crippen LogP contribution in [0.25, 0.3) is 10.9 Å². The molecule has 0 spiro atoms. The van der Waals surface area contributed by atoms with Crippen molar-refractivity contribution in [3.05, 3.63) is 59.5 Å². The lowest BCUT2D eigenvalue weighted by Gasteiger charge is -2.33. The first-order valence-electron chi connectivity index (χ1n) is 9.18. The van der Waals surface area contributed by atoms with Crippen LogP contribution in [0.4, 0.5) is 10.1 Å². The predicted molar refractivity (Wildman–Crippen MR) is 111 cm³/mol. The SMILES string of the molecule is CCC(CC)(c1ccc(F)c(OC)c1)c1c[nH]c2c(NS(C)(=O)=O)cccc12. The number of hydrogen-bond acceptors (Lipinski definition) is 3. The molecule has 0 radical (unpaired) electrons. The van der Waals surface area contributed by atoms with Gasteiger partial charge >= 0.3 is 0 Å². The molecular weight excluding hydrogens is 379 g/mol. The molecule has 5 nitrogen and oxygen atoms in total. The van der Waals surface area contributed by atoms with Crippen molar-refractivity contribution in [1.82, 2.24) is 4.98 Å². The van der Waals surface area contributed by atoms with Gasteiger partial charge in [-0.15, -0.1) is 0 Å². The van der Waals surface area contributed by atoms with Gasteiger partial charge in [0.1, 0.15) is 0 Å². The molecule has 0 saturated heterocycles. The van der Waals surface area contributed by atoms with Crippen molar-refractivity contribution in [3.8, 4) is 5.75 Å². The van der Waals surface area contributed by atoms with Crippen LogP contribution >= 0.6 is 0 Å². The summed E-state index contributed by atoms with van der Waals surface area (Å²) in [6.07, 6.45) is 4.62. The van der Waals surface area contributed by atoms with E-state index in [0.29, 0.717) is 5.69 Å². The normalized spacial score (nSPS) is 12.3. The Kier molecular flexibility index (Phi) is 5.39. The van der Waals surface area contributed by atoms with E-state index in [2.05, 4.69) is 23.6 Å². The first-order chi connectivity index (χ1) is 13.3. The Bertz CT molecular complexity index is 1100. The lowest BCUT2D eigenvalue weighted by molar-refractivity contribution is 0.382. The zero-order chi connectivity index (χ0) is 20.5. The predicted octanol–water partition coefficient (Wildman–Crippen LogP) is 4.79. The number of methoxy groups -OCH3 is 1. The minimum absolute atomic E-state index is 0.211. The first-order valence-corrected chi connectivity index (χ1v) is 11.1. The van der Waals surface area contributed by atoms with Gasteiger partial charge in [-0.2, -0.15) is 0 Å². The summed E-state index contributed by atoms with van der Waals surface area (Å²) in [5.74, 6) is -0.186. The summed E-state index contributed by atoms with van der Waals surface area (Å²) in [6, 6.07) is 10.5. The maximum absolute atomic E-state index is 14.0. The monoisotopic (exact) mass is 404 g/mol. The Labute approximate surface area is 165 Å². The fourth-order valence-electron chi connectivity index (χ4n) is 3.99. The van der Waals surface area contributed by atoms with Crippen LogP contribution in [0.5, 0.6) is 5.75 Å². The summed E-state index contributed by atoms with van der Waals surface area (Å²) >= 11 is 0. The number of benzene rings is 2. The molecule has 1 heterocycles. The highest BCUT2D eigenvalue weighted by Gasteiger charge is 2.34. The maximum atomic E-state index is 14.0. The van der Waals surface area contributed by atoms with Gasteiger partial charge in [-0.1, -0.05) is 32.0 Å². The first kappa shape index (κ1) is 20.2. The van der Waals surface area contributed by atoms with Crippen molar-refractivity contribution in [2.45, 2.75) is 32.1 Å². The molecule has 0 aliphatic carbocycles. The van der Waals surface area contributed by atoms with E-state index in [9.17, 15) is 12.8 Å². The molecular formula is C21H25FN2O3S. The van der Waals surface area contributed by atoms with E-state index in [-0.39, 0.29) is 11.2 Å². The van der Waals surface area contributed by atoms with Crippen molar-refractivity contribution < 1.29 is 17.5 Å². The highest BCUT2D eigenvalue weighted by Crippen LogP contribution is 2.44. The standard InChI is InChI=1S/C21H25FN2O3S/c1-5-21(6-2,14-10-11-17(22)19(12-14)27-3)16-13-23-20-15(16)8-7-9-18(20)24-28(4,25)26/h7-13,23-24H,5-6H2,1-4H3. The largest absolute Gasteiger partial charge is 0.494 e. The fourth-order valence-corrected chi connectivity index (χ4v) is 4.56. The maximum Gasteiger partial charge on any atom is 0.229 e. The lowest BCUT2D eigenvalue weighted by Crippen LogP contribution is -2.26. The summed E-state index contributed by atoms with van der Waals surface area (Å²) in [5, 5.41) is 0.931. The molecule has 3 rings (SSSR count). The molecule has 1 aromatic heterocycles. The average molecular weight is 405 g/mol. The van der Waals surface area contributed by atoms with Gasteiger partial charge in [-0.25, -0.2) is 12.8 Å². The fraction of sp³-hybridized carbons (Fsp3) is 0.333. The molecule has 0 bridgehead atoms. The summed E-state index contributed by atoms with van der Waals surface area (Å²) < 4.78 is 45.1. The molecule has 0 atom stereocenters. The molecule has 150 valence electrons. The minimum atomic E-state index is -3.40. The van der Waals surface area contributed by atoms with Crippen molar-refractivity contribution in [1.29, 1.82) is 0 Å². The second-order valence-corrected chi connectivity index (χ2v) is 8.69. The van der Waals surface area contributed by atoms with E-state index >= 15 is 0 Å². The molecule has 2 N–H and O–H groups in total. The molecule has 0 saturated carbocycles. The van der Waals surface area contributed by atoms with Gasteiger partial charge < -0.3 is 9.72 Å². The third-order valence-corrected chi connectivity index (χ3v) is 6.03. The zero-order valence-electron chi connectivity index (χ0n) is 16.5. The van der Waals surface area contributed by atoms with Crippen LogP contribution < -0.4 is 9.46 Å². The molecule has 0 aliphatic heterocycles. The van der Waals surface area contributed by atoms with Crippen LogP contribution in [0.15, 0.2) is 42.6 Å². The molecule has 28 heavy (non-hydrogen) atoms. The van der Waals surface area contributed by atoms with Crippen LogP contribution in [0, 0.1) is 5.82 Å². The van der Waals surface area contributed by atoms with Crippen LogP contribution in [0.3, 0.4) is 0 Å². The molecule has 7 heteroatoms. The van der Waals surface area contributed by atoms with E-state index < -0.39 is 15.8 Å². The van der Waals surface area contributed by atoms with E-state index in [4.69, 9.17) is 4.74 Å². The van der Waals surface area contributed by atoms with Gasteiger partial charge in [0.15, 0.2) is 11.6 Å². The molecule has 3 aromatic rings. The highest BCUT2D eigenvalue weighted by molar-refractivity contribution is 7.92.